The number of carbonyl (C=O) groups excluding carboxylic acids is 5. The topological polar surface area (TPSA) is 137 Å². The number of benzene rings is 2. The van der Waals surface area contributed by atoms with E-state index in [4.69, 9.17) is 23.2 Å². The molecule has 2 aromatic rings. The molecule has 2 aliphatic rings. The highest BCUT2D eigenvalue weighted by atomic mass is 35.5. The number of anilines is 2. The van der Waals surface area contributed by atoms with Gasteiger partial charge in [0.15, 0.2) is 0 Å². The summed E-state index contributed by atoms with van der Waals surface area (Å²) < 4.78 is 0. The van der Waals surface area contributed by atoms with Crippen molar-refractivity contribution in [2.75, 3.05) is 10.6 Å². The summed E-state index contributed by atoms with van der Waals surface area (Å²) in [7, 11) is 0. The highest BCUT2D eigenvalue weighted by molar-refractivity contribution is 6.42. The molecule has 1 atom stereocenters. The van der Waals surface area contributed by atoms with E-state index in [1.165, 1.54) is 6.07 Å². The first-order chi connectivity index (χ1) is 16.7. The molecule has 35 heavy (non-hydrogen) atoms. The molecule has 10 nitrogen and oxygen atoms in total. The van der Waals surface area contributed by atoms with Gasteiger partial charge in [0.05, 0.1) is 10.0 Å². The molecule has 1 fully saturated rings. The van der Waals surface area contributed by atoms with Crippen LogP contribution in [0.5, 0.6) is 0 Å². The van der Waals surface area contributed by atoms with Crippen LogP contribution in [0.2, 0.25) is 10.0 Å². The van der Waals surface area contributed by atoms with Crippen molar-refractivity contribution in [2.24, 2.45) is 0 Å². The number of imide groups is 2. The van der Waals surface area contributed by atoms with Crippen LogP contribution in [0.3, 0.4) is 0 Å². The molecule has 0 saturated carbocycles. The quantitative estimate of drug-likeness (QED) is 0.436. The van der Waals surface area contributed by atoms with Crippen molar-refractivity contribution in [2.45, 2.75) is 25.4 Å². The molecule has 0 aliphatic carbocycles. The van der Waals surface area contributed by atoms with E-state index in [2.05, 4.69) is 21.3 Å². The first-order valence-corrected chi connectivity index (χ1v) is 11.3. The van der Waals surface area contributed by atoms with Crippen LogP contribution in [-0.2, 0) is 25.7 Å². The van der Waals surface area contributed by atoms with Crippen LogP contribution < -0.4 is 21.3 Å². The molecule has 0 radical (unpaired) electrons. The number of carbonyl (C=O) groups is 5. The van der Waals surface area contributed by atoms with Gasteiger partial charge < -0.3 is 16.0 Å². The summed E-state index contributed by atoms with van der Waals surface area (Å²) in [6, 6.07) is 10.1. The maximum Gasteiger partial charge on any atom is 0.319 e. The van der Waals surface area contributed by atoms with E-state index in [0.29, 0.717) is 21.4 Å². The second kappa shape index (κ2) is 10.2. The summed E-state index contributed by atoms with van der Waals surface area (Å²) in [4.78, 5) is 61.7. The van der Waals surface area contributed by atoms with E-state index in [0.717, 1.165) is 16.5 Å². The van der Waals surface area contributed by atoms with Gasteiger partial charge in [-0.05, 0) is 42.3 Å². The lowest BCUT2D eigenvalue weighted by Gasteiger charge is -2.28. The first kappa shape index (κ1) is 24.2. The van der Waals surface area contributed by atoms with E-state index >= 15 is 0 Å². The zero-order valence-electron chi connectivity index (χ0n) is 18.1. The summed E-state index contributed by atoms with van der Waals surface area (Å²) in [5.74, 6) is -2.41. The maximum atomic E-state index is 12.8. The highest BCUT2D eigenvalue weighted by Crippen LogP contribution is 2.25. The smallest absolute Gasteiger partial charge is 0.319 e. The summed E-state index contributed by atoms with van der Waals surface area (Å²) in [5.41, 5.74) is 1.71. The number of piperidine rings is 1. The standard InChI is InChI=1S/C23H19Cl2N5O5/c24-15-5-4-14(9-16(15)25)28-23(35)26-11-12-2-1-3-13(8-12)27-17-10-20(32)30(22(17)34)18-6-7-19(31)29-21(18)33/h1-5,8-10,18,27H,6-7,11H2,(H2,26,28,35)(H,29,31,33). The number of urea groups is 1. The van der Waals surface area contributed by atoms with Gasteiger partial charge in [0.1, 0.15) is 11.7 Å². The molecule has 0 aromatic heterocycles. The van der Waals surface area contributed by atoms with Crippen molar-refractivity contribution < 1.29 is 24.0 Å². The highest BCUT2D eigenvalue weighted by Gasteiger charge is 2.42. The lowest BCUT2D eigenvalue weighted by Crippen LogP contribution is -2.54. The van der Waals surface area contributed by atoms with Gasteiger partial charge in [0, 0.05) is 30.4 Å². The van der Waals surface area contributed by atoms with Gasteiger partial charge >= 0.3 is 6.03 Å². The third kappa shape index (κ3) is 5.61. The van der Waals surface area contributed by atoms with Crippen LogP contribution in [0, 0.1) is 0 Å². The zero-order valence-corrected chi connectivity index (χ0v) is 19.6. The molecule has 1 saturated heterocycles. The largest absolute Gasteiger partial charge is 0.351 e. The second-order valence-electron chi connectivity index (χ2n) is 7.80. The van der Waals surface area contributed by atoms with Crippen molar-refractivity contribution in [1.29, 1.82) is 0 Å². The van der Waals surface area contributed by atoms with Crippen LogP contribution in [0.4, 0.5) is 16.2 Å². The van der Waals surface area contributed by atoms with Crippen molar-refractivity contribution in [3.63, 3.8) is 0 Å². The molecule has 2 aliphatic heterocycles. The fraction of sp³-hybridized carbons (Fsp3) is 0.174. The monoisotopic (exact) mass is 515 g/mol. The molecular weight excluding hydrogens is 497 g/mol. The Morgan fingerprint density at radius 3 is 2.57 bits per heavy atom. The van der Waals surface area contributed by atoms with Gasteiger partial charge in [0.25, 0.3) is 11.8 Å². The minimum Gasteiger partial charge on any atom is -0.351 e. The number of nitrogens with one attached hydrogen (secondary N) is 4. The fourth-order valence-corrected chi connectivity index (χ4v) is 3.94. The third-order valence-corrected chi connectivity index (χ3v) is 6.05. The molecule has 1 unspecified atom stereocenters. The van der Waals surface area contributed by atoms with E-state index in [9.17, 15) is 24.0 Å². The molecule has 4 rings (SSSR count). The summed E-state index contributed by atoms with van der Waals surface area (Å²) >= 11 is 11.8. The Morgan fingerprint density at radius 1 is 1.03 bits per heavy atom. The fourth-order valence-electron chi connectivity index (χ4n) is 3.64. The van der Waals surface area contributed by atoms with Gasteiger partial charge in [0.2, 0.25) is 11.8 Å². The van der Waals surface area contributed by atoms with E-state index in [-0.39, 0.29) is 25.1 Å². The van der Waals surface area contributed by atoms with E-state index in [1.807, 2.05) is 0 Å². The van der Waals surface area contributed by atoms with Gasteiger partial charge in [-0.15, -0.1) is 0 Å². The van der Waals surface area contributed by atoms with Crippen LogP contribution in [-0.4, -0.2) is 40.6 Å². The molecule has 4 N–H and O–H groups in total. The van der Waals surface area contributed by atoms with Gasteiger partial charge in [-0.2, -0.15) is 0 Å². The molecule has 2 heterocycles. The Balaban J connectivity index is 1.35. The maximum absolute atomic E-state index is 12.8. The number of hydrogen-bond donors (Lipinski definition) is 4. The molecule has 0 bridgehead atoms. The Kier molecular flexibility index (Phi) is 7.04. The lowest BCUT2D eigenvalue weighted by atomic mass is 10.0. The summed E-state index contributed by atoms with van der Waals surface area (Å²) in [6.07, 6.45) is 1.24. The molecule has 0 spiro atoms. The lowest BCUT2D eigenvalue weighted by molar-refractivity contribution is -0.149. The SMILES string of the molecule is O=C1CCC(N2C(=O)C=C(Nc3cccc(CNC(=O)Nc4ccc(Cl)c(Cl)c4)c3)C2=O)C(=O)N1. The van der Waals surface area contributed by atoms with Crippen molar-refractivity contribution in [3.05, 3.63) is 69.8 Å². The van der Waals surface area contributed by atoms with Crippen LogP contribution >= 0.6 is 23.2 Å². The van der Waals surface area contributed by atoms with Crippen molar-refractivity contribution in [1.82, 2.24) is 15.5 Å². The van der Waals surface area contributed by atoms with Crippen LogP contribution in [0.25, 0.3) is 0 Å². The molecule has 2 aromatic carbocycles. The zero-order chi connectivity index (χ0) is 25.1. The van der Waals surface area contributed by atoms with Gasteiger partial charge in [-0.25, -0.2) is 4.79 Å². The predicted octanol–water partition coefficient (Wildman–Crippen LogP) is 2.78. The van der Waals surface area contributed by atoms with Gasteiger partial charge in [-0.1, -0.05) is 35.3 Å². The molecular formula is C23H19Cl2N5O5. The number of hydrogen-bond acceptors (Lipinski definition) is 6. The number of nitrogens with zero attached hydrogens (tertiary/aromatic N) is 1. The number of halogens is 2. The van der Waals surface area contributed by atoms with Crippen LogP contribution in [0.1, 0.15) is 18.4 Å². The first-order valence-electron chi connectivity index (χ1n) is 10.5. The Bertz CT molecular complexity index is 1280. The Hall–Kier alpha value is -3.89. The predicted molar refractivity (Wildman–Crippen MR) is 128 cm³/mol. The number of amides is 6. The Labute approximate surface area is 209 Å². The van der Waals surface area contributed by atoms with Gasteiger partial charge in [-0.3, -0.25) is 29.4 Å². The number of rotatable bonds is 6. The van der Waals surface area contributed by atoms with Crippen molar-refractivity contribution >= 4 is 64.2 Å². The summed E-state index contributed by atoms with van der Waals surface area (Å²) in [6.45, 7) is 0.178. The Morgan fingerprint density at radius 2 is 1.83 bits per heavy atom. The minimum atomic E-state index is -1.03. The van der Waals surface area contributed by atoms with E-state index < -0.39 is 35.7 Å². The van der Waals surface area contributed by atoms with E-state index in [1.54, 1.807) is 36.4 Å². The second-order valence-corrected chi connectivity index (χ2v) is 8.61. The van der Waals surface area contributed by atoms with Crippen LogP contribution in [0.15, 0.2) is 54.2 Å². The average molecular weight is 516 g/mol. The van der Waals surface area contributed by atoms with Crippen molar-refractivity contribution in [3.8, 4) is 0 Å². The molecule has 12 heteroatoms. The normalized spacial score (nSPS) is 17.7. The minimum absolute atomic E-state index is 0.00201. The third-order valence-electron chi connectivity index (χ3n) is 5.31. The molecule has 6 amide bonds. The average Bonchev–Trinajstić information content (AvgIpc) is 3.08. The summed E-state index contributed by atoms with van der Waals surface area (Å²) in [5, 5.41) is 11.1. The molecule has 180 valence electrons.